The van der Waals surface area contributed by atoms with Gasteiger partial charge in [0.25, 0.3) is 5.91 Å². The lowest BCUT2D eigenvalue weighted by Crippen LogP contribution is -2.53. The summed E-state index contributed by atoms with van der Waals surface area (Å²) in [6.45, 7) is 12.6. The Kier molecular flexibility index (Phi) is 8.44. The molecule has 1 aliphatic heterocycles. The molecule has 1 unspecified atom stereocenters. The van der Waals surface area contributed by atoms with Crippen LogP contribution in [0.5, 0.6) is 0 Å². The molecular formula is C29H43FN2O3. The maximum atomic E-state index is 15.8. The van der Waals surface area contributed by atoms with Crippen LogP contribution in [0.25, 0.3) is 0 Å². The zero-order valence-corrected chi connectivity index (χ0v) is 22.4. The molecule has 1 aliphatic carbocycles. The lowest BCUT2D eigenvalue weighted by atomic mass is 9.68. The number of carbonyl (C=O) groups excluding carboxylic acids is 3. The Morgan fingerprint density at radius 1 is 1.09 bits per heavy atom. The number of Topliss-reactive ketones (excluding diaryl/α,β-unsaturated/α-hetero) is 1. The predicted octanol–water partition coefficient (Wildman–Crippen LogP) is 5.87. The largest absolute Gasteiger partial charge is 0.342 e. The van der Waals surface area contributed by atoms with E-state index in [0.29, 0.717) is 18.7 Å². The van der Waals surface area contributed by atoms with Crippen molar-refractivity contribution in [3.05, 3.63) is 35.1 Å². The molecule has 1 saturated carbocycles. The van der Waals surface area contributed by atoms with Gasteiger partial charge < -0.3 is 10.2 Å². The molecule has 1 aromatic rings. The van der Waals surface area contributed by atoms with Gasteiger partial charge in [-0.1, -0.05) is 72.9 Å². The van der Waals surface area contributed by atoms with Crippen LogP contribution in [0.3, 0.4) is 0 Å². The molecule has 6 heteroatoms. The van der Waals surface area contributed by atoms with Crippen molar-refractivity contribution < 1.29 is 18.8 Å². The zero-order chi connectivity index (χ0) is 26.0. The Morgan fingerprint density at radius 3 is 2.34 bits per heavy atom. The number of amides is 2. The van der Waals surface area contributed by atoms with Crippen LogP contribution >= 0.6 is 0 Å². The average molecular weight is 487 g/mol. The number of ketones is 1. The quantitative estimate of drug-likeness (QED) is 0.547. The first kappa shape index (κ1) is 27.3. The van der Waals surface area contributed by atoms with Gasteiger partial charge in [0.1, 0.15) is 5.82 Å². The lowest BCUT2D eigenvalue weighted by molar-refractivity contribution is -0.140. The minimum atomic E-state index is -0.632. The van der Waals surface area contributed by atoms with Crippen molar-refractivity contribution in [2.45, 2.75) is 98.4 Å². The summed E-state index contributed by atoms with van der Waals surface area (Å²) in [5.74, 6) is -1.39. The van der Waals surface area contributed by atoms with Crippen LogP contribution in [0.1, 0.15) is 108 Å². The molecule has 1 N–H and O–H groups in total. The van der Waals surface area contributed by atoms with E-state index in [1.165, 1.54) is 6.07 Å². The highest BCUT2D eigenvalue weighted by atomic mass is 19.1. The highest BCUT2D eigenvalue weighted by molar-refractivity contribution is 5.99. The predicted molar refractivity (Wildman–Crippen MR) is 137 cm³/mol. The number of halogens is 1. The van der Waals surface area contributed by atoms with E-state index in [9.17, 15) is 14.4 Å². The molecule has 1 heterocycles. The van der Waals surface area contributed by atoms with Gasteiger partial charge in [0.05, 0.1) is 11.6 Å². The van der Waals surface area contributed by atoms with E-state index in [1.807, 2.05) is 39.5 Å². The highest BCUT2D eigenvalue weighted by Crippen LogP contribution is 2.40. The van der Waals surface area contributed by atoms with Crippen molar-refractivity contribution in [3.8, 4) is 0 Å². The first-order valence-electron chi connectivity index (χ1n) is 13.3. The summed E-state index contributed by atoms with van der Waals surface area (Å²) in [6, 6.07) is 4.29. The number of rotatable bonds is 6. The van der Waals surface area contributed by atoms with Crippen molar-refractivity contribution in [1.82, 2.24) is 10.2 Å². The molecule has 3 rings (SSSR count). The maximum Gasteiger partial charge on any atom is 0.254 e. The summed E-state index contributed by atoms with van der Waals surface area (Å²) in [5.41, 5.74) is -0.363. The highest BCUT2D eigenvalue weighted by Gasteiger charge is 2.42. The minimum Gasteiger partial charge on any atom is -0.342 e. The van der Waals surface area contributed by atoms with E-state index in [4.69, 9.17) is 0 Å². The molecular weight excluding hydrogens is 443 g/mol. The summed E-state index contributed by atoms with van der Waals surface area (Å²) in [4.78, 5) is 41.1. The van der Waals surface area contributed by atoms with E-state index < -0.39 is 23.2 Å². The molecule has 2 fully saturated rings. The molecule has 194 valence electrons. The van der Waals surface area contributed by atoms with Crippen LogP contribution in [0.15, 0.2) is 18.2 Å². The number of piperidine rings is 1. The zero-order valence-electron chi connectivity index (χ0n) is 22.4. The van der Waals surface area contributed by atoms with Crippen LogP contribution in [-0.2, 0) is 9.59 Å². The standard InChI is InChI=1S/C29H43FN2O3/c1-19(2)24(33)25(29(6)15-8-7-9-16-29)31-26(34)22-14-10-13-21(23(22)30)20-12-11-17-32(18-20)27(35)28(3,4)5/h10,13-14,19-20,25H,7-9,11-12,15-18H2,1-6H3,(H,31,34)/t20?,25-/m0/s1. The fraction of sp³-hybridized carbons (Fsp3) is 0.690. The maximum absolute atomic E-state index is 15.8. The fourth-order valence-electron chi connectivity index (χ4n) is 5.71. The van der Waals surface area contributed by atoms with Gasteiger partial charge in [-0.3, -0.25) is 14.4 Å². The molecule has 0 aromatic heterocycles. The third-order valence-electron chi connectivity index (χ3n) is 7.88. The van der Waals surface area contributed by atoms with Crippen molar-refractivity contribution in [3.63, 3.8) is 0 Å². The summed E-state index contributed by atoms with van der Waals surface area (Å²) in [6.07, 6.45) is 6.51. The first-order chi connectivity index (χ1) is 16.3. The van der Waals surface area contributed by atoms with Crippen LogP contribution < -0.4 is 5.32 Å². The van der Waals surface area contributed by atoms with Crippen molar-refractivity contribution in [2.75, 3.05) is 13.1 Å². The molecule has 0 spiro atoms. The van der Waals surface area contributed by atoms with Crippen molar-refractivity contribution in [1.29, 1.82) is 0 Å². The van der Waals surface area contributed by atoms with Gasteiger partial charge in [-0.15, -0.1) is 0 Å². The smallest absolute Gasteiger partial charge is 0.254 e. The van der Waals surface area contributed by atoms with Gasteiger partial charge in [0.2, 0.25) is 5.91 Å². The molecule has 1 aromatic carbocycles. The van der Waals surface area contributed by atoms with Gasteiger partial charge in [0, 0.05) is 30.3 Å². The Hall–Kier alpha value is -2.24. The van der Waals surface area contributed by atoms with Crippen molar-refractivity contribution in [2.24, 2.45) is 16.7 Å². The number of nitrogens with one attached hydrogen (secondary N) is 1. The number of hydrogen-bond donors (Lipinski definition) is 1. The number of nitrogens with zero attached hydrogens (tertiary/aromatic N) is 1. The molecule has 35 heavy (non-hydrogen) atoms. The van der Waals surface area contributed by atoms with Crippen LogP contribution in [0.2, 0.25) is 0 Å². The Labute approximate surface area is 210 Å². The van der Waals surface area contributed by atoms with Gasteiger partial charge in [-0.2, -0.15) is 0 Å². The number of likely N-dealkylation sites (tertiary alicyclic amines) is 1. The monoisotopic (exact) mass is 486 g/mol. The SMILES string of the molecule is CC(C)C(=O)[C@H](NC(=O)c1cccc(C2CCCN(C(=O)C(C)(C)C)C2)c1F)C1(C)CCCCC1. The lowest BCUT2D eigenvalue weighted by Gasteiger charge is -2.41. The topological polar surface area (TPSA) is 66.5 Å². The van der Waals surface area contributed by atoms with E-state index in [0.717, 1.165) is 44.9 Å². The third kappa shape index (κ3) is 6.13. The molecule has 0 radical (unpaired) electrons. The summed E-state index contributed by atoms with van der Waals surface area (Å²) in [7, 11) is 0. The Bertz CT molecular complexity index is 944. The summed E-state index contributed by atoms with van der Waals surface area (Å²) in [5, 5.41) is 2.95. The average Bonchev–Trinajstić information content (AvgIpc) is 2.81. The normalized spacial score (nSPS) is 21.5. The summed E-state index contributed by atoms with van der Waals surface area (Å²) < 4.78 is 15.8. The first-order valence-corrected chi connectivity index (χ1v) is 13.3. The number of carbonyl (C=O) groups is 3. The van der Waals surface area contributed by atoms with Gasteiger partial charge in [-0.25, -0.2) is 4.39 Å². The van der Waals surface area contributed by atoms with Crippen LogP contribution in [0, 0.1) is 22.6 Å². The van der Waals surface area contributed by atoms with Crippen molar-refractivity contribution >= 4 is 17.6 Å². The van der Waals surface area contributed by atoms with E-state index in [2.05, 4.69) is 12.2 Å². The fourth-order valence-corrected chi connectivity index (χ4v) is 5.71. The molecule has 1 saturated heterocycles. The van der Waals surface area contributed by atoms with Crippen LogP contribution in [-0.4, -0.2) is 41.6 Å². The second-order valence-electron chi connectivity index (χ2n) is 12.2. The molecule has 2 atom stereocenters. The minimum absolute atomic E-state index is 0.00271. The third-order valence-corrected chi connectivity index (χ3v) is 7.88. The second-order valence-corrected chi connectivity index (χ2v) is 12.2. The molecule has 5 nitrogen and oxygen atoms in total. The Morgan fingerprint density at radius 2 is 1.74 bits per heavy atom. The molecule has 0 bridgehead atoms. The summed E-state index contributed by atoms with van der Waals surface area (Å²) >= 11 is 0. The van der Waals surface area contributed by atoms with Crippen LogP contribution in [0.4, 0.5) is 4.39 Å². The number of hydrogen-bond acceptors (Lipinski definition) is 3. The Balaban J connectivity index is 1.84. The van der Waals surface area contributed by atoms with Gasteiger partial charge >= 0.3 is 0 Å². The second kappa shape index (κ2) is 10.8. The van der Waals surface area contributed by atoms with E-state index in [-0.39, 0.29) is 34.5 Å². The molecule has 2 amide bonds. The van der Waals surface area contributed by atoms with E-state index >= 15 is 4.39 Å². The van der Waals surface area contributed by atoms with E-state index in [1.54, 1.807) is 12.1 Å². The molecule has 2 aliphatic rings. The van der Waals surface area contributed by atoms with Gasteiger partial charge in [-0.05, 0) is 42.7 Å². The number of benzene rings is 1. The van der Waals surface area contributed by atoms with Gasteiger partial charge in [0.15, 0.2) is 5.78 Å².